The molecular weight excluding hydrogens is 524 g/mol. The fourth-order valence-corrected chi connectivity index (χ4v) is 4.89. The van der Waals surface area contributed by atoms with Gasteiger partial charge in [-0.2, -0.15) is 0 Å². The van der Waals surface area contributed by atoms with Gasteiger partial charge < -0.3 is 14.9 Å². The summed E-state index contributed by atoms with van der Waals surface area (Å²) in [6.45, 7) is 1.94. The topological polar surface area (TPSA) is 84.6 Å². The number of benzene rings is 5. The number of ether oxygens (including phenoxy) is 1. The van der Waals surface area contributed by atoms with Gasteiger partial charge in [0.05, 0.1) is 23.7 Å². The van der Waals surface area contributed by atoms with E-state index >= 15 is 0 Å². The first-order chi connectivity index (χ1) is 20.4. The van der Waals surface area contributed by atoms with Crippen molar-refractivity contribution in [1.29, 1.82) is 0 Å². The predicted octanol–water partition coefficient (Wildman–Crippen LogP) is 6.84. The molecule has 6 nitrogen and oxygen atoms in total. The fraction of sp³-hybridized carbons (Fsp3) is 0.0556. The number of hydrogen-bond acceptors (Lipinski definition) is 5. The van der Waals surface area contributed by atoms with Crippen LogP contribution in [0.1, 0.15) is 28.1 Å². The Morgan fingerprint density at radius 1 is 0.810 bits per heavy atom. The SMILES string of the molecule is COc1ccc2cc(C#Cc3ccc(-n4c(/C=C/c5ccc(O)cc5O)nc5ccccc5c4=O)c(C)c3)ccc2c1. The minimum atomic E-state index is -0.204. The second-order valence-electron chi connectivity index (χ2n) is 9.88. The van der Waals surface area contributed by atoms with E-state index in [1.54, 1.807) is 42.0 Å². The fourth-order valence-electron chi connectivity index (χ4n) is 4.89. The van der Waals surface area contributed by atoms with Crippen molar-refractivity contribution in [3.8, 4) is 34.8 Å². The Morgan fingerprint density at radius 2 is 1.55 bits per heavy atom. The zero-order valence-corrected chi connectivity index (χ0v) is 23.0. The molecule has 0 aliphatic rings. The summed E-state index contributed by atoms with van der Waals surface area (Å²) < 4.78 is 6.88. The Hall–Kier alpha value is -5.80. The largest absolute Gasteiger partial charge is 0.508 e. The highest BCUT2D eigenvalue weighted by atomic mass is 16.5. The molecule has 0 unspecified atom stereocenters. The number of aromatic nitrogens is 2. The van der Waals surface area contributed by atoms with Crippen molar-refractivity contribution >= 4 is 33.8 Å². The van der Waals surface area contributed by atoms with Crippen LogP contribution in [0.2, 0.25) is 0 Å². The van der Waals surface area contributed by atoms with Crippen molar-refractivity contribution in [2.75, 3.05) is 7.11 Å². The average Bonchev–Trinajstić information content (AvgIpc) is 3.00. The molecule has 0 bridgehead atoms. The Labute approximate surface area is 242 Å². The monoisotopic (exact) mass is 550 g/mol. The van der Waals surface area contributed by atoms with E-state index in [9.17, 15) is 15.0 Å². The molecule has 204 valence electrons. The lowest BCUT2D eigenvalue weighted by atomic mass is 10.1. The summed E-state index contributed by atoms with van der Waals surface area (Å²) >= 11 is 0. The van der Waals surface area contributed by atoms with Gasteiger partial charge in [-0.05, 0) is 102 Å². The van der Waals surface area contributed by atoms with Gasteiger partial charge in [-0.15, -0.1) is 0 Å². The van der Waals surface area contributed by atoms with Crippen LogP contribution in [0.15, 0.2) is 102 Å². The smallest absolute Gasteiger partial charge is 0.266 e. The molecule has 6 rings (SSSR count). The van der Waals surface area contributed by atoms with Gasteiger partial charge in [-0.1, -0.05) is 36.1 Å². The third-order valence-electron chi connectivity index (χ3n) is 7.06. The lowest BCUT2D eigenvalue weighted by Gasteiger charge is -2.14. The van der Waals surface area contributed by atoms with E-state index < -0.39 is 0 Å². The summed E-state index contributed by atoms with van der Waals surface area (Å²) in [7, 11) is 1.65. The van der Waals surface area contributed by atoms with Gasteiger partial charge in [-0.3, -0.25) is 9.36 Å². The molecule has 0 aliphatic carbocycles. The Bertz CT molecular complexity index is 2150. The zero-order chi connectivity index (χ0) is 29.2. The molecular formula is C36H26N2O4. The van der Waals surface area contributed by atoms with Crippen molar-refractivity contribution in [2.24, 2.45) is 0 Å². The van der Waals surface area contributed by atoms with Gasteiger partial charge in [0, 0.05) is 22.8 Å². The van der Waals surface area contributed by atoms with E-state index in [4.69, 9.17) is 9.72 Å². The summed E-state index contributed by atoms with van der Waals surface area (Å²) in [6, 6.07) is 29.3. The highest BCUT2D eigenvalue weighted by Gasteiger charge is 2.13. The van der Waals surface area contributed by atoms with Crippen molar-refractivity contribution in [2.45, 2.75) is 6.92 Å². The van der Waals surface area contributed by atoms with E-state index in [1.165, 1.54) is 12.1 Å². The van der Waals surface area contributed by atoms with E-state index in [1.807, 2.05) is 73.7 Å². The van der Waals surface area contributed by atoms with Crippen LogP contribution in [0.25, 0.3) is 39.5 Å². The van der Waals surface area contributed by atoms with E-state index in [2.05, 4.69) is 11.8 Å². The number of aryl methyl sites for hydroxylation is 1. The molecule has 1 heterocycles. The van der Waals surface area contributed by atoms with E-state index in [0.29, 0.717) is 28.0 Å². The summed E-state index contributed by atoms with van der Waals surface area (Å²) in [5.74, 6) is 7.60. The summed E-state index contributed by atoms with van der Waals surface area (Å²) in [5.41, 5.74) is 4.10. The number of para-hydroxylation sites is 1. The van der Waals surface area contributed by atoms with Crippen LogP contribution >= 0.6 is 0 Å². The molecule has 6 heteroatoms. The first kappa shape index (κ1) is 26.4. The van der Waals surface area contributed by atoms with Crippen LogP contribution in [-0.2, 0) is 0 Å². The molecule has 42 heavy (non-hydrogen) atoms. The Balaban J connectivity index is 1.39. The molecule has 0 saturated carbocycles. The maximum atomic E-state index is 13.7. The van der Waals surface area contributed by atoms with Gasteiger partial charge in [0.25, 0.3) is 5.56 Å². The standard InChI is InChI=1S/C36H26N2O4/c1-23-19-24(7-8-25-9-11-28-21-30(42-2)16-13-27(28)20-25)10-17-33(23)38-35(18-14-26-12-15-29(39)22-34(26)40)37-32-6-4-3-5-31(32)36(38)41/h3-6,9-22,39-40H,1-2H3/b18-14+. The minimum absolute atomic E-state index is 0.0366. The number of phenolic OH excluding ortho intramolecular Hbond substituents is 2. The van der Waals surface area contributed by atoms with Gasteiger partial charge >= 0.3 is 0 Å². The maximum Gasteiger partial charge on any atom is 0.266 e. The van der Waals surface area contributed by atoms with Crippen LogP contribution in [0, 0.1) is 18.8 Å². The van der Waals surface area contributed by atoms with Gasteiger partial charge in [0.1, 0.15) is 23.1 Å². The molecule has 0 saturated heterocycles. The van der Waals surface area contributed by atoms with Gasteiger partial charge in [0.2, 0.25) is 0 Å². The van der Waals surface area contributed by atoms with E-state index in [-0.39, 0.29) is 17.1 Å². The molecule has 0 amide bonds. The summed E-state index contributed by atoms with van der Waals surface area (Å²) in [5, 5.41) is 22.5. The van der Waals surface area contributed by atoms with Crippen LogP contribution in [0.5, 0.6) is 17.2 Å². The number of nitrogens with zero attached hydrogens (tertiary/aromatic N) is 2. The number of hydrogen-bond donors (Lipinski definition) is 2. The van der Waals surface area contributed by atoms with Crippen molar-refractivity contribution in [3.05, 3.63) is 135 Å². The van der Waals surface area contributed by atoms with Gasteiger partial charge in [0.15, 0.2) is 0 Å². The van der Waals surface area contributed by atoms with Crippen LogP contribution < -0.4 is 10.3 Å². The first-order valence-corrected chi connectivity index (χ1v) is 13.3. The predicted molar refractivity (Wildman–Crippen MR) is 167 cm³/mol. The molecule has 5 aromatic carbocycles. The first-order valence-electron chi connectivity index (χ1n) is 13.3. The maximum absolute atomic E-state index is 13.7. The van der Waals surface area contributed by atoms with Crippen LogP contribution in [-0.4, -0.2) is 26.9 Å². The lowest BCUT2D eigenvalue weighted by Crippen LogP contribution is -2.23. The molecule has 0 fully saturated rings. The van der Waals surface area contributed by atoms with Crippen molar-refractivity contribution < 1.29 is 14.9 Å². The van der Waals surface area contributed by atoms with Crippen molar-refractivity contribution in [3.63, 3.8) is 0 Å². The molecule has 2 N–H and O–H groups in total. The highest BCUT2D eigenvalue weighted by Crippen LogP contribution is 2.26. The molecule has 1 aromatic heterocycles. The zero-order valence-electron chi connectivity index (χ0n) is 23.0. The third kappa shape index (κ3) is 5.19. The number of methoxy groups -OCH3 is 1. The minimum Gasteiger partial charge on any atom is -0.508 e. The van der Waals surface area contributed by atoms with Crippen LogP contribution in [0.4, 0.5) is 0 Å². The van der Waals surface area contributed by atoms with E-state index in [0.717, 1.165) is 33.2 Å². The normalized spacial score (nSPS) is 11.1. The van der Waals surface area contributed by atoms with Crippen molar-refractivity contribution in [1.82, 2.24) is 9.55 Å². The lowest BCUT2D eigenvalue weighted by molar-refractivity contribution is 0.415. The average molecular weight is 551 g/mol. The molecule has 0 spiro atoms. The highest BCUT2D eigenvalue weighted by molar-refractivity contribution is 5.85. The molecule has 0 radical (unpaired) electrons. The summed E-state index contributed by atoms with van der Waals surface area (Å²) in [4.78, 5) is 18.5. The molecule has 0 atom stereocenters. The third-order valence-corrected chi connectivity index (χ3v) is 7.06. The quantitative estimate of drug-likeness (QED) is 0.235. The number of phenols is 2. The number of fused-ring (bicyclic) bond motifs is 2. The Morgan fingerprint density at radius 3 is 2.33 bits per heavy atom. The Kier molecular flexibility index (Phi) is 6.92. The number of rotatable bonds is 4. The second-order valence-corrected chi connectivity index (χ2v) is 9.88. The van der Waals surface area contributed by atoms with Gasteiger partial charge in [-0.25, -0.2) is 4.98 Å². The summed E-state index contributed by atoms with van der Waals surface area (Å²) in [6.07, 6.45) is 3.35. The van der Waals surface area contributed by atoms with Crippen LogP contribution in [0.3, 0.4) is 0 Å². The molecule has 0 aliphatic heterocycles. The number of aromatic hydroxyl groups is 2. The second kappa shape index (κ2) is 11.0. The molecule has 6 aromatic rings.